The second-order valence-electron chi connectivity index (χ2n) is 1.53. The van der Waals surface area contributed by atoms with Crippen molar-refractivity contribution in [1.29, 1.82) is 0 Å². The van der Waals surface area contributed by atoms with Crippen LogP contribution in [0.15, 0.2) is 11.6 Å². The Kier molecular flexibility index (Phi) is 2.88. The Morgan fingerprint density at radius 3 is 2.50 bits per heavy atom. The van der Waals surface area contributed by atoms with Gasteiger partial charge in [-0.3, -0.25) is 0 Å². The molecule has 0 aliphatic carbocycles. The Balaban J connectivity index is 3.75. The van der Waals surface area contributed by atoms with Gasteiger partial charge in [0.15, 0.2) is 0 Å². The van der Waals surface area contributed by atoms with E-state index in [1.54, 1.807) is 6.92 Å². The first-order chi connectivity index (χ1) is 3.66. The second kappa shape index (κ2) is 3.21. The molecule has 8 heavy (non-hydrogen) atoms. The van der Waals surface area contributed by atoms with Gasteiger partial charge >= 0.3 is 5.97 Å². The molecule has 0 saturated carbocycles. The van der Waals surface area contributed by atoms with E-state index in [1.165, 1.54) is 0 Å². The largest absolute Gasteiger partial charge is 0.478 e. The van der Waals surface area contributed by atoms with Crippen LogP contribution in [-0.4, -0.2) is 17.6 Å². The van der Waals surface area contributed by atoms with Crippen LogP contribution in [0.2, 0.25) is 0 Å². The monoisotopic (exact) mass is 115 g/mol. The molecule has 0 atom stereocenters. The number of carboxylic acid groups (broad SMARTS) is 1. The first kappa shape index (κ1) is 7.17. The maximum atomic E-state index is 9.84. The average molecular weight is 115 g/mol. The van der Waals surface area contributed by atoms with Gasteiger partial charge in [-0.25, -0.2) is 4.79 Å². The third-order valence-corrected chi connectivity index (χ3v) is 0.692. The molecule has 3 nitrogen and oxygen atoms in total. The fraction of sp³-hybridized carbons (Fsp3) is 0.400. The lowest BCUT2D eigenvalue weighted by Crippen LogP contribution is -2.02. The number of rotatable bonds is 2. The molecule has 0 aliphatic heterocycles. The third kappa shape index (κ3) is 3.36. The van der Waals surface area contributed by atoms with Crippen molar-refractivity contribution in [2.24, 2.45) is 5.73 Å². The zero-order valence-corrected chi connectivity index (χ0v) is 4.72. The van der Waals surface area contributed by atoms with E-state index in [1.807, 2.05) is 0 Å². The zero-order valence-electron chi connectivity index (χ0n) is 4.72. The van der Waals surface area contributed by atoms with Gasteiger partial charge in [0.2, 0.25) is 0 Å². The summed E-state index contributed by atoms with van der Waals surface area (Å²) >= 11 is 0. The summed E-state index contributed by atoms with van der Waals surface area (Å²) in [6, 6.07) is 0. The summed E-state index contributed by atoms with van der Waals surface area (Å²) in [5, 5.41) is 8.08. The summed E-state index contributed by atoms with van der Waals surface area (Å²) in [4.78, 5) is 9.84. The summed E-state index contributed by atoms with van der Waals surface area (Å²) in [5.74, 6) is -0.937. The lowest BCUT2D eigenvalue weighted by Gasteiger charge is -1.88. The van der Waals surface area contributed by atoms with Crippen LogP contribution in [0.5, 0.6) is 0 Å². The van der Waals surface area contributed by atoms with Gasteiger partial charge in [-0.1, -0.05) is 5.57 Å². The SMILES string of the molecule is C/C(=C/C(=O)O)CN. The Bertz CT molecular complexity index is 118. The first-order valence-electron chi connectivity index (χ1n) is 2.27. The van der Waals surface area contributed by atoms with Gasteiger partial charge < -0.3 is 10.8 Å². The minimum atomic E-state index is -0.937. The van der Waals surface area contributed by atoms with E-state index in [2.05, 4.69) is 0 Å². The fourth-order valence-corrected chi connectivity index (χ4v) is 0.270. The van der Waals surface area contributed by atoms with E-state index in [4.69, 9.17) is 10.8 Å². The van der Waals surface area contributed by atoms with E-state index >= 15 is 0 Å². The molecule has 0 aliphatic rings. The van der Waals surface area contributed by atoms with Gasteiger partial charge in [0.1, 0.15) is 0 Å². The predicted octanol–water partition coefficient (Wildman–Crippen LogP) is -0.0240. The highest BCUT2D eigenvalue weighted by Crippen LogP contribution is 1.85. The van der Waals surface area contributed by atoms with Gasteiger partial charge in [0.05, 0.1) is 0 Å². The molecule has 0 saturated heterocycles. The van der Waals surface area contributed by atoms with Crippen LogP contribution >= 0.6 is 0 Å². The topological polar surface area (TPSA) is 63.3 Å². The summed E-state index contributed by atoms with van der Waals surface area (Å²) < 4.78 is 0. The van der Waals surface area contributed by atoms with Crippen LogP contribution in [-0.2, 0) is 4.79 Å². The number of carboxylic acids is 1. The van der Waals surface area contributed by atoms with Crippen molar-refractivity contribution in [1.82, 2.24) is 0 Å². The highest BCUT2D eigenvalue weighted by Gasteiger charge is 1.88. The summed E-state index contributed by atoms with van der Waals surface area (Å²) in [6.07, 6.45) is 1.10. The first-order valence-corrected chi connectivity index (χ1v) is 2.27. The highest BCUT2D eigenvalue weighted by atomic mass is 16.4. The Hall–Kier alpha value is -0.830. The highest BCUT2D eigenvalue weighted by molar-refractivity contribution is 5.80. The quantitative estimate of drug-likeness (QED) is 0.497. The number of hydrogen-bond donors (Lipinski definition) is 2. The van der Waals surface area contributed by atoms with Gasteiger partial charge in [0, 0.05) is 12.6 Å². The molecule has 3 N–H and O–H groups in total. The summed E-state index contributed by atoms with van der Waals surface area (Å²) in [6.45, 7) is 1.99. The molecule has 0 amide bonds. The second-order valence-corrected chi connectivity index (χ2v) is 1.53. The van der Waals surface area contributed by atoms with Gasteiger partial charge in [-0.05, 0) is 6.92 Å². The van der Waals surface area contributed by atoms with Crippen LogP contribution in [0.1, 0.15) is 6.92 Å². The molecule has 0 fully saturated rings. The molecule has 46 valence electrons. The smallest absolute Gasteiger partial charge is 0.328 e. The van der Waals surface area contributed by atoms with Gasteiger partial charge in [-0.15, -0.1) is 0 Å². The van der Waals surface area contributed by atoms with Crippen LogP contribution in [0, 0.1) is 0 Å². The molecule has 0 aromatic heterocycles. The lowest BCUT2D eigenvalue weighted by molar-refractivity contribution is -0.131. The normalized spacial score (nSPS) is 11.5. The minimum Gasteiger partial charge on any atom is -0.478 e. The maximum Gasteiger partial charge on any atom is 0.328 e. The molecule has 0 aromatic carbocycles. The molecule has 0 bridgehead atoms. The molecule has 0 rings (SSSR count). The molecule has 0 aromatic rings. The summed E-state index contributed by atoms with van der Waals surface area (Å²) in [5.41, 5.74) is 5.77. The molecular formula is C5H9NO2. The van der Waals surface area contributed by atoms with Crippen LogP contribution in [0.25, 0.3) is 0 Å². The van der Waals surface area contributed by atoms with Crippen molar-refractivity contribution in [2.75, 3.05) is 6.54 Å². The van der Waals surface area contributed by atoms with E-state index in [0.717, 1.165) is 6.08 Å². The van der Waals surface area contributed by atoms with Crippen LogP contribution in [0.4, 0.5) is 0 Å². The predicted molar refractivity (Wildman–Crippen MR) is 30.4 cm³/mol. The van der Waals surface area contributed by atoms with E-state index in [-0.39, 0.29) is 0 Å². The number of nitrogens with two attached hydrogens (primary N) is 1. The van der Waals surface area contributed by atoms with Gasteiger partial charge in [0.25, 0.3) is 0 Å². The van der Waals surface area contributed by atoms with Crippen LogP contribution < -0.4 is 5.73 Å². The minimum absolute atomic E-state index is 0.312. The Morgan fingerprint density at radius 2 is 2.38 bits per heavy atom. The lowest BCUT2D eigenvalue weighted by atomic mass is 10.3. The Morgan fingerprint density at radius 1 is 1.88 bits per heavy atom. The molecule has 0 unspecified atom stereocenters. The standard InChI is InChI=1S/C5H9NO2/c1-4(3-6)2-5(7)8/h2H,3,6H2,1H3,(H,7,8)/b4-2-. The van der Waals surface area contributed by atoms with Crippen molar-refractivity contribution in [3.63, 3.8) is 0 Å². The average Bonchev–Trinajstić information content (AvgIpc) is 1.65. The number of hydrogen-bond acceptors (Lipinski definition) is 2. The molecule has 0 spiro atoms. The molecule has 0 radical (unpaired) electrons. The van der Waals surface area contributed by atoms with Crippen LogP contribution in [0.3, 0.4) is 0 Å². The van der Waals surface area contributed by atoms with Crippen molar-refractivity contribution in [3.8, 4) is 0 Å². The Labute approximate surface area is 47.8 Å². The third-order valence-electron chi connectivity index (χ3n) is 0.692. The summed E-state index contributed by atoms with van der Waals surface area (Å²) in [7, 11) is 0. The molecule has 0 heterocycles. The van der Waals surface area contributed by atoms with Crippen molar-refractivity contribution >= 4 is 5.97 Å². The van der Waals surface area contributed by atoms with E-state index in [9.17, 15) is 4.79 Å². The molecule has 3 heteroatoms. The fourth-order valence-electron chi connectivity index (χ4n) is 0.270. The van der Waals surface area contributed by atoms with E-state index < -0.39 is 5.97 Å². The molecular weight excluding hydrogens is 106 g/mol. The zero-order chi connectivity index (χ0) is 6.57. The van der Waals surface area contributed by atoms with Crippen molar-refractivity contribution in [3.05, 3.63) is 11.6 Å². The van der Waals surface area contributed by atoms with Crippen molar-refractivity contribution < 1.29 is 9.90 Å². The number of carbonyl (C=O) groups is 1. The maximum absolute atomic E-state index is 9.84. The van der Waals surface area contributed by atoms with Gasteiger partial charge in [-0.2, -0.15) is 0 Å². The number of aliphatic carboxylic acids is 1. The van der Waals surface area contributed by atoms with Crippen molar-refractivity contribution in [2.45, 2.75) is 6.92 Å². The van der Waals surface area contributed by atoms with E-state index in [0.29, 0.717) is 12.1 Å².